The fraction of sp³-hybridized carbons (Fsp3) is 0.726. The van der Waals surface area contributed by atoms with Crippen molar-refractivity contribution < 1.29 is 239 Å². The molecule has 0 atom stereocenters. The molecule has 0 bridgehead atoms. The van der Waals surface area contributed by atoms with E-state index in [1.54, 1.807) is 0 Å². The number of carbonyl (C=O) groups excluding carboxylic acids is 20. The van der Waals surface area contributed by atoms with Gasteiger partial charge in [-0.15, -0.1) is 0 Å². The Kier molecular flexibility index (Phi) is 76.2. The summed E-state index contributed by atoms with van der Waals surface area (Å²) in [4.78, 5) is 247. The Hall–Kier alpha value is -6.00. The van der Waals surface area contributed by atoms with Gasteiger partial charge in [0.15, 0.2) is 11.6 Å². The average molecular weight is 1650 g/mol. The molecule has 0 saturated carbocycles. The molecule has 0 saturated heterocycles. The van der Waals surface area contributed by atoms with Crippen molar-refractivity contribution in [2.75, 3.05) is 111 Å². The largest absolute Gasteiger partial charge is 1.00 e. The van der Waals surface area contributed by atoms with E-state index in [9.17, 15) is 116 Å². The van der Waals surface area contributed by atoms with Gasteiger partial charge < -0.3 is 106 Å². The Labute approximate surface area is 756 Å². The molecule has 622 valence electrons. The van der Waals surface area contributed by atoms with E-state index in [-0.39, 0.29) is 150 Å². The molecule has 0 aliphatic heterocycles. The second kappa shape index (κ2) is 74.5. The van der Waals surface area contributed by atoms with Crippen LogP contribution in [0.2, 0.25) is 0 Å². The fourth-order valence-corrected chi connectivity index (χ4v) is 10.9. The molecule has 0 radical (unpaired) electrons. The molecule has 12 amide bonds. The summed E-state index contributed by atoms with van der Waals surface area (Å²) in [5, 5.41) is 62.6. The number of hydrogen-bond donors (Lipinski definition) is 8. The summed E-state index contributed by atoms with van der Waals surface area (Å²) in [6.45, 7) is -9.29. The fourth-order valence-electron chi connectivity index (χ4n) is 10.9. The molecule has 0 fully saturated rings. The predicted octanol–water partition coefficient (Wildman–Crippen LogP) is -16.3. The van der Waals surface area contributed by atoms with Crippen molar-refractivity contribution >= 4 is 118 Å². The summed E-state index contributed by atoms with van der Waals surface area (Å²) in [5.74, 6) is -22.0. The molecule has 0 aliphatic rings. The summed E-state index contributed by atoms with van der Waals surface area (Å²) >= 11 is 0. The predicted molar refractivity (Wildman–Crippen MR) is 385 cm³/mol. The number of nitrogens with zero attached hydrogens (tertiary/aromatic N) is 4. The van der Waals surface area contributed by atoms with Crippen LogP contribution in [-0.4, -0.2) is 249 Å². The van der Waals surface area contributed by atoms with Gasteiger partial charge in [0.2, 0.25) is 70.9 Å². The van der Waals surface area contributed by atoms with Gasteiger partial charge in [-0.2, -0.15) is 0 Å². The number of Topliss-reactive ketones (excluding diaryl/α,β-unsaturated/α-hetero) is 3. The molecule has 0 spiro atoms. The second-order valence-electron chi connectivity index (χ2n) is 26.9. The van der Waals surface area contributed by atoms with Crippen LogP contribution in [0.25, 0.3) is 0 Å². The van der Waals surface area contributed by atoms with E-state index in [2.05, 4.69) is 45.7 Å². The number of ketones is 3. The summed E-state index contributed by atoms with van der Waals surface area (Å²) in [6.07, 6.45) is 29.3. The average Bonchev–Trinajstić information content (AvgIpc) is 0.913. The second-order valence-corrected chi connectivity index (χ2v) is 26.9. The van der Waals surface area contributed by atoms with Crippen LogP contribution < -0.4 is 181 Å². The van der Waals surface area contributed by atoms with Crippen LogP contribution in [0.15, 0.2) is 0 Å². The third-order valence-electron chi connectivity index (χ3n) is 16.9. The molecule has 0 aromatic carbocycles. The molecule has 0 aromatic heterocycles. The molecular formula is C73H116N12Na4O25. The van der Waals surface area contributed by atoms with Crippen molar-refractivity contribution in [2.24, 2.45) is 5.92 Å². The maximum atomic E-state index is 13.0. The van der Waals surface area contributed by atoms with Crippen molar-refractivity contribution in [3.05, 3.63) is 0 Å². The zero-order chi connectivity index (χ0) is 82.4. The van der Waals surface area contributed by atoms with Gasteiger partial charge in [0.05, 0.1) is 148 Å². The molecule has 0 aliphatic carbocycles. The summed E-state index contributed by atoms with van der Waals surface area (Å²) < 4.78 is 5.65. The normalized spacial score (nSPS) is 10.3. The molecule has 0 aromatic rings. The smallest absolute Gasteiger partial charge is 0.548 e. The molecule has 37 nitrogen and oxygen atoms in total. The maximum Gasteiger partial charge on any atom is 1.00 e. The number of nitrogens with one attached hydrogen (secondary N) is 8. The Bertz CT molecular complexity index is 2980. The van der Waals surface area contributed by atoms with Crippen LogP contribution in [0, 0.1) is 5.92 Å². The van der Waals surface area contributed by atoms with E-state index in [0.717, 1.165) is 45.4 Å². The molecule has 0 unspecified atom stereocenters. The number of carboxylic acid groups (broad SMARTS) is 4. The molecule has 8 N–H and O–H groups in total. The van der Waals surface area contributed by atoms with E-state index >= 15 is 0 Å². The number of unbranched alkanes of at least 4 members (excludes halogenated alkanes) is 22. The van der Waals surface area contributed by atoms with Gasteiger partial charge in [-0.25, -0.2) is 0 Å². The first-order valence-electron chi connectivity index (χ1n) is 38.1. The standard InChI is InChI=1S/C73H120N12O25.4Na/c1-4-6-8-10-12-14-16-18-20-22-24-26-29-54(30-27-25-23-21-19-17-15-13-11-9-7-5-2)52-110-73(109)34-33-57(89)74-36-59(91)80-42-67(99)84(50-71(105)106)46-63(95)76-38-61(93)78-40-65(97)82(48-69(101)102)44-55(87)31-28-32-56(88)45-83(49-70(103)104)66(98)41-79-62(94)39-77-64(96)47-85(51-72(107)108)68(100)43-81-60(92)37-75-58(90)35-53(3)86;;;;/h54H,4-52H2,1-3H3,(H,74,89)(H,75,90)(H,76,95)(H,77,96)(H,78,93)(H,79,94)(H,80,91)(H,81,92)(H,101,102)(H,103,104)(H,105,106)(H,107,108);;;;/q;4*+1/p-4. The Morgan fingerprint density at radius 2 is 0.535 bits per heavy atom. The Balaban J connectivity index is -0.00000990. The molecule has 0 rings (SSSR count). The van der Waals surface area contributed by atoms with Crippen LogP contribution in [-0.2, 0) is 101 Å². The van der Waals surface area contributed by atoms with Crippen LogP contribution in [0.3, 0.4) is 0 Å². The quantitative estimate of drug-likeness (QED) is 0.0121. The number of esters is 1. The first-order chi connectivity index (χ1) is 52.3. The number of ether oxygens (including phenoxy) is 1. The number of rotatable bonds is 69. The number of carboxylic acids is 4. The summed E-state index contributed by atoms with van der Waals surface area (Å²) in [7, 11) is 0. The molecule has 0 heterocycles. The van der Waals surface area contributed by atoms with Gasteiger partial charge in [-0.1, -0.05) is 168 Å². The van der Waals surface area contributed by atoms with Crippen LogP contribution in [0.1, 0.15) is 226 Å². The number of hydrogen-bond acceptors (Lipinski definition) is 25. The van der Waals surface area contributed by atoms with Crippen molar-refractivity contribution in [2.45, 2.75) is 226 Å². The zero-order valence-electron chi connectivity index (χ0n) is 68.2. The Morgan fingerprint density at radius 3 is 0.816 bits per heavy atom. The number of aliphatic carboxylic acids is 4. The van der Waals surface area contributed by atoms with Gasteiger partial charge in [0, 0.05) is 19.3 Å². The van der Waals surface area contributed by atoms with Gasteiger partial charge in [0.1, 0.15) is 5.78 Å². The van der Waals surface area contributed by atoms with Gasteiger partial charge >= 0.3 is 124 Å². The van der Waals surface area contributed by atoms with E-state index in [4.69, 9.17) is 4.74 Å². The third-order valence-corrected chi connectivity index (χ3v) is 16.9. The van der Waals surface area contributed by atoms with Crippen LogP contribution in [0.4, 0.5) is 0 Å². The minimum atomic E-state index is -1.84. The zero-order valence-corrected chi connectivity index (χ0v) is 76.2. The minimum absolute atomic E-state index is 0. The summed E-state index contributed by atoms with van der Waals surface area (Å²) in [5.41, 5.74) is 0. The topological polar surface area (TPSA) is 552 Å². The maximum absolute atomic E-state index is 13.0. The van der Waals surface area contributed by atoms with Crippen molar-refractivity contribution in [1.82, 2.24) is 62.1 Å². The van der Waals surface area contributed by atoms with E-state index < -0.39 is 242 Å². The third kappa shape index (κ3) is 69.2. The van der Waals surface area contributed by atoms with Crippen molar-refractivity contribution in [3.63, 3.8) is 0 Å². The van der Waals surface area contributed by atoms with Crippen molar-refractivity contribution in [1.29, 1.82) is 0 Å². The van der Waals surface area contributed by atoms with Gasteiger partial charge in [0.25, 0.3) is 0 Å². The van der Waals surface area contributed by atoms with E-state index in [1.807, 2.05) is 10.6 Å². The summed E-state index contributed by atoms with van der Waals surface area (Å²) in [6, 6.07) is 0. The number of carbonyl (C=O) groups is 20. The molecule has 114 heavy (non-hydrogen) atoms. The van der Waals surface area contributed by atoms with Crippen LogP contribution in [0.5, 0.6) is 0 Å². The van der Waals surface area contributed by atoms with E-state index in [0.29, 0.717) is 19.6 Å². The van der Waals surface area contributed by atoms with Gasteiger partial charge in [-0.05, 0) is 32.1 Å². The SMILES string of the molecule is CCCCCCCCCCCCCCC(CCCCCCCCCCCCCC)COC(=O)CCC(=O)NCC(=O)NCC(=O)N(CC(=O)[O-])CC(=O)NCC(=O)NCC(=O)N(CC(=O)[O-])CC(=O)CCCC(=O)CN(CC(=O)[O-])C(=O)CNC(=O)CNC(=O)CN(CC(=O)[O-])C(=O)CNC(=O)CNC(=O)CC(C)=O.[Na+].[Na+].[Na+].[Na+]. The number of amides is 12. The van der Waals surface area contributed by atoms with Crippen LogP contribution >= 0.6 is 0 Å². The first kappa shape index (κ1) is 117. The molecular weight excluding hydrogens is 1540 g/mol. The Morgan fingerprint density at radius 1 is 0.281 bits per heavy atom. The van der Waals surface area contributed by atoms with Gasteiger partial charge in [-0.3, -0.25) is 76.7 Å². The van der Waals surface area contributed by atoms with Crippen molar-refractivity contribution in [3.8, 4) is 0 Å². The molecule has 41 heteroatoms. The minimum Gasteiger partial charge on any atom is -0.548 e. The van der Waals surface area contributed by atoms with E-state index in [1.165, 1.54) is 128 Å². The first-order valence-corrected chi connectivity index (χ1v) is 38.1. The monoisotopic (exact) mass is 1650 g/mol.